The number of carbonyl (C=O) groups is 3. The zero-order chi connectivity index (χ0) is 33.9. The number of methoxy groups -OCH3 is 1. The van der Waals surface area contributed by atoms with Gasteiger partial charge in [0.1, 0.15) is 22.5 Å². The molecule has 0 bridgehead atoms. The van der Waals surface area contributed by atoms with Gasteiger partial charge in [0.05, 0.1) is 17.9 Å². The topological polar surface area (TPSA) is 120 Å². The number of hydrogen-bond acceptors (Lipinski definition) is 7. The molecular weight excluding hydrogens is 641 g/mol. The Labute approximate surface area is 287 Å². The second-order valence-corrected chi connectivity index (χ2v) is 12.6. The van der Waals surface area contributed by atoms with Gasteiger partial charge in [-0.1, -0.05) is 73.7 Å². The molecule has 0 radical (unpaired) electrons. The zero-order valence-electron chi connectivity index (χ0n) is 26.2. The van der Waals surface area contributed by atoms with Crippen LogP contribution in [0.25, 0.3) is 17.2 Å². The smallest absolute Gasteiger partial charge is 0.272 e. The molecule has 48 heavy (non-hydrogen) atoms. The summed E-state index contributed by atoms with van der Waals surface area (Å²) in [5.74, 6) is -0.564. The Kier molecular flexibility index (Phi) is 11.4. The van der Waals surface area contributed by atoms with Crippen molar-refractivity contribution >= 4 is 57.6 Å². The predicted molar refractivity (Wildman–Crippen MR) is 193 cm³/mol. The summed E-state index contributed by atoms with van der Waals surface area (Å²) in [6, 6.07) is 34.8. The molecule has 0 fully saturated rings. The number of nitriles is 1. The number of thiophene rings is 1. The van der Waals surface area contributed by atoms with E-state index in [4.69, 9.17) is 4.74 Å². The first-order valence-corrected chi connectivity index (χ1v) is 16.8. The van der Waals surface area contributed by atoms with Crippen LogP contribution in [0.1, 0.15) is 34.8 Å². The fraction of sp³-hybridized carbons (Fsp3) is 0.105. The fourth-order valence-electron chi connectivity index (χ4n) is 4.76. The number of benzene rings is 4. The fourth-order valence-corrected chi connectivity index (χ4v) is 6.69. The van der Waals surface area contributed by atoms with Gasteiger partial charge in [0, 0.05) is 27.1 Å². The number of nitrogens with zero attached hydrogens (tertiary/aromatic N) is 1. The molecule has 0 spiro atoms. The van der Waals surface area contributed by atoms with E-state index in [-0.39, 0.29) is 11.6 Å². The van der Waals surface area contributed by atoms with Gasteiger partial charge < -0.3 is 20.7 Å². The first-order chi connectivity index (χ1) is 23.4. The lowest BCUT2D eigenvalue weighted by Gasteiger charge is -2.16. The van der Waals surface area contributed by atoms with Crippen LogP contribution in [-0.4, -0.2) is 30.1 Å². The Bertz CT molecular complexity index is 1980. The highest BCUT2D eigenvalue weighted by atomic mass is 32.2. The van der Waals surface area contributed by atoms with E-state index < -0.39 is 17.1 Å². The van der Waals surface area contributed by atoms with E-state index in [1.807, 2.05) is 54.8 Å². The Morgan fingerprint density at radius 3 is 2.35 bits per heavy atom. The highest BCUT2D eigenvalue weighted by Crippen LogP contribution is 2.36. The van der Waals surface area contributed by atoms with E-state index in [9.17, 15) is 19.6 Å². The molecule has 0 saturated carbocycles. The molecule has 0 saturated heterocycles. The van der Waals surface area contributed by atoms with Crippen LogP contribution < -0.4 is 20.7 Å². The molecule has 3 N–H and O–H groups in total. The van der Waals surface area contributed by atoms with Crippen molar-refractivity contribution in [1.82, 2.24) is 5.32 Å². The molecule has 3 amide bonds. The first-order valence-electron chi connectivity index (χ1n) is 15.1. The number of amides is 3. The largest absolute Gasteiger partial charge is 0.497 e. The molecule has 5 aromatic rings. The number of anilines is 2. The molecule has 1 heterocycles. The van der Waals surface area contributed by atoms with Crippen LogP contribution in [0.2, 0.25) is 0 Å². The molecule has 5 rings (SSSR count). The summed E-state index contributed by atoms with van der Waals surface area (Å²) in [6.07, 6.45) is 2.11. The lowest BCUT2D eigenvalue weighted by molar-refractivity contribution is -0.116. The van der Waals surface area contributed by atoms with Crippen LogP contribution in [0.15, 0.2) is 125 Å². The molecule has 240 valence electrons. The SMILES string of the molecule is CCC(Sc1cccc(NC(=O)/C(=C/c2cccc(OC)c2)NC(=O)c2ccccc2)c1)C(=O)Nc1scc(-c2ccccc2)c1C#N. The van der Waals surface area contributed by atoms with Gasteiger partial charge in [0.15, 0.2) is 0 Å². The molecule has 0 aliphatic heterocycles. The van der Waals surface area contributed by atoms with Crippen LogP contribution in [0.4, 0.5) is 10.7 Å². The Morgan fingerprint density at radius 1 is 0.917 bits per heavy atom. The average molecular weight is 673 g/mol. The standard InChI is InChI=1S/C38H32N4O4S2/c1-3-34(37(45)42-38-31(23-39)32(24-47-38)26-13-6-4-7-14-26)48-30-19-11-17-28(22-30)40-36(44)33(21-25-12-10-18-29(20-25)46-2)41-35(43)27-15-8-5-9-16-27/h4-22,24,34H,3H2,1-2H3,(H,40,44)(H,41,43)(H,42,45)/b33-21-. The predicted octanol–water partition coefficient (Wildman–Crippen LogP) is 8.21. The third-order valence-electron chi connectivity index (χ3n) is 7.19. The molecule has 0 aliphatic rings. The lowest BCUT2D eigenvalue weighted by atomic mass is 10.1. The number of thioether (sulfide) groups is 1. The van der Waals surface area contributed by atoms with E-state index in [2.05, 4.69) is 22.0 Å². The van der Waals surface area contributed by atoms with Crippen LogP contribution in [0.5, 0.6) is 5.75 Å². The van der Waals surface area contributed by atoms with Crippen molar-refractivity contribution in [2.75, 3.05) is 17.7 Å². The second-order valence-electron chi connectivity index (χ2n) is 10.5. The van der Waals surface area contributed by atoms with Crippen LogP contribution >= 0.6 is 23.1 Å². The minimum atomic E-state index is -0.523. The Hall–Kier alpha value is -5.63. The van der Waals surface area contributed by atoms with E-state index in [1.165, 1.54) is 23.1 Å². The summed E-state index contributed by atoms with van der Waals surface area (Å²) in [7, 11) is 1.55. The Balaban J connectivity index is 1.31. The van der Waals surface area contributed by atoms with Gasteiger partial charge in [-0.05, 0) is 66.1 Å². The minimum Gasteiger partial charge on any atom is -0.497 e. The molecule has 1 unspecified atom stereocenters. The number of nitrogens with one attached hydrogen (secondary N) is 3. The first kappa shape index (κ1) is 33.7. The third-order valence-corrected chi connectivity index (χ3v) is 9.44. The van der Waals surface area contributed by atoms with Gasteiger partial charge >= 0.3 is 0 Å². The molecule has 0 aliphatic carbocycles. The van der Waals surface area contributed by atoms with Gasteiger partial charge in [-0.15, -0.1) is 23.1 Å². The highest BCUT2D eigenvalue weighted by Gasteiger charge is 2.22. The molecule has 8 nitrogen and oxygen atoms in total. The number of carbonyl (C=O) groups excluding carboxylic acids is 3. The van der Waals surface area contributed by atoms with E-state index in [1.54, 1.807) is 79.9 Å². The van der Waals surface area contributed by atoms with Crippen LogP contribution in [-0.2, 0) is 9.59 Å². The maximum absolute atomic E-state index is 13.6. The van der Waals surface area contributed by atoms with Crippen molar-refractivity contribution < 1.29 is 19.1 Å². The summed E-state index contributed by atoms with van der Waals surface area (Å²) >= 11 is 2.68. The Morgan fingerprint density at radius 2 is 1.65 bits per heavy atom. The monoisotopic (exact) mass is 672 g/mol. The highest BCUT2D eigenvalue weighted by molar-refractivity contribution is 8.00. The zero-order valence-corrected chi connectivity index (χ0v) is 27.9. The van der Waals surface area contributed by atoms with Gasteiger partial charge in [0.25, 0.3) is 11.8 Å². The third kappa shape index (κ3) is 8.59. The van der Waals surface area contributed by atoms with Gasteiger partial charge in [-0.25, -0.2) is 0 Å². The molecule has 10 heteroatoms. The normalized spacial score (nSPS) is 11.6. The molecule has 1 aromatic heterocycles. The van der Waals surface area contributed by atoms with Crippen LogP contribution in [0.3, 0.4) is 0 Å². The van der Waals surface area contributed by atoms with Crippen molar-refractivity contribution in [3.05, 3.63) is 137 Å². The molecule has 4 aromatic carbocycles. The van der Waals surface area contributed by atoms with Crippen molar-refractivity contribution in [2.45, 2.75) is 23.5 Å². The summed E-state index contributed by atoms with van der Waals surface area (Å²) in [5.41, 5.74) is 3.72. The van der Waals surface area contributed by atoms with Gasteiger partial charge in [0.2, 0.25) is 5.91 Å². The number of rotatable bonds is 12. The maximum atomic E-state index is 13.6. The van der Waals surface area contributed by atoms with Crippen molar-refractivity contribution in [3.8, 4) is 22.9 Å². The summed E-state index contributed by atoms with van der Waals surface area (Å²) in [6.45, 7) is 1.92. The number of hydrogen-bond donors (Lipinski definition) is 3. The molecule has 1 atom stereocenters. The van der Waals surface area contributed by atoms with Crippen molar-refractivity contribution in [3.63, 3.8) is 0 Å². The minimum absolute atomic E-state index is 0.0418. The molecular formula is C38H32N4O4S2. The van der Waals surface area contributed by atoms with Gasteiger partial charge in [-0.3, -0.25) is 14.4 Å². The lowest BCUT2D eigenvalue weighted by Crippen LogP contribution is -2.30. The number of ether oxygens (including phenoxy) is 1. The van der Waals surface area contributed by atoms with E-state index in [0.29, 0.717) is 39.5 Å². The quantitative estimate of drug-likeness (QED) is 0.0908. The summed E-state index contributed by atoms with van der Waals surface area (Å²) in [4.78, 5) is 40.8. The van der Waals surface area contributed by atoms with Crippen LogP contribution in [0, 0.1) is 11.3 Å². The second kappa shape index (κ2) is 16.3. The van der Waals surface area contributed by atoms with E-state index >= 15 is 0 Å². The summed E-state index contributed by atoms with van der Waals surface area (Å²) in [5, 5.41) is 20.4. The van der Waals surface area contributed by atoms with Gasteiger partial charge in [-0.2, -0.15) is 5.26 Å². The van der Waals surface area contributed by atoms with Crippen molar-refractivity contribution in [1.29, 1.82) is 5.26 Å². The maximum Gasteiger partial charge on any atom is 0.272 e. The summed E-state index contributed by atoms with van der Waals surface area (Å²) < 4.78 is 5.32. The average Bonchev–Trinajstić information content (AvgIpc) is 3.53. The van der Waals surface area contributed by atoms with Crippen molar-refractivity contribution in [2.24, 2.45) is 0 Å². The van der Waals surface area contributed by atoms with E-state index in [0.717, 1.165) is 16.0 Å².